The molecule has 0 unspecified atom stereocenters. The van der Waals surface area contributed by atoms with E-state index in [0.29, 0.717) is 0 Å². The average Bonchev–Trinajstić information content (AvgIpc) is 2.28. The number of nitrogens with one attached hydrogen (secondary N) is 2. The lowest BCUT2D eigenvalue weighted by molar-refractivity contribution is 0.576. The van der Waals surface area contributed by atoms with Crippen molar-refractivity contribution in [2.75, 3.05) is 18.8 Å². The van der Waals surface area contributed by atoms with Crippen LogP contribution >= 0.6 is 11.6 Å². The topological polar surface area (TPSA) is 105 Å². The van der Waals surface area contributed by atoms with Crippen LogP contribution in [0.25, 0.3) is 0 Å². The SMILES string of the molecule is CCNS(=O)(=O)CCNS(=O)(=O)c1ccnc(Cl)c1. The van der Waals surface area contributed by atoms with E-state index in [1.54, 1.807) is 6.92 Å². The highest BCUT2D eigenvalue weighted by Gasteiger charge is 2.16. The molecule has 108 valence electrons. The van der Waals surface area contributed by atoms with Gasteiger partial charge in [0, 0.05) is 19.3 Å². The number of hydrogen-bond donors (Lipinski definition) is 2. The first-order chi connectivity index (χ1) is 8.77. The van der Waals surface area contributed by atoms with Gasteiger partial charge in [0.05, 0.1) is 10.6 Å². The van der Waals surface area contributed by atoms with Crippen molar-refractivity contribution in [3.05, 3.63) is 23.5 Å². The molecule has 0 radical (unpaired) electrons. The summed E-state index contributed by atoms with van der Waals surface area (Å²) >= 11 is 5.59. The number of aromatic nitrogens is 1. The summed E-state index contributed by atoms with van der Waals surface area (Å²) in [5.74, 6) is -0.334. The van der Waals surface area contributed by atoms with Gasteiger partial charge < -0.3 is 0 Å². The molecule has 0 fully saturated rings. The lowest BCUT2D eigenvalue weighted by atomic mass is 10.5. The second-order valence-electron chi connectivity index (χ2n) is 3.53. The molecule has 1 aromatic rings. The Bertz CT molecular complexity index is 631. The molecule has 0 saturated carbocycles. The molecular weight excluding hydrogens is 314 g/mol. The molecule has 10 heteroatoms. The van der Waals surface area contributed by atoms with Gasteiger partial charge in [0.1, 0.15) is 5.15 Å². The van der Waals surface area contributed by atoms with Crippen molar-refractivity contribution >= 4 is 31.6 Å². The lowest BCUT2D eigenvalue weighted by Gasteiger charge is -2.07. The van der Waals surface area contributed by atoms with Gasteiger partial charge in [-0.25, -0.2) is 31.3 Å². The second-order valence-corrected chi connectivity index (χ2v) is 7.61. The van der Waals surface area contributed by atoms with E-state index < -0.39 is 20.0 Å². The van der Waals surface area contributed by atoms with Crippen LogP contribution in [0, 0.1) is 0 Å². The third-order valence-electron chi connectivity index (χ3n) is 2.04. The van der Waals surface area contributed by atoms with Crippen LogP contribution < -0.4 is 9.44 Å². The molecule has 0 aromatic carbocycles. The average molecular weight is 328 g/mol. The third kappa shape index (κ3) is 5.41. The molecule has 0 atom stereocenters. The van der Waals surface area contributed by atoms with E-state index in [1.165, 1.54) is 18.3 Å². The fraction of sp³-hybridized carbons (Fsp3) is 0.444. The molecule has 1 heterocycles. The smallest absolute Gasteiger partial charge is 0.240 e. The van der Waals surface area contributed by atoms with Crippen molar-refractivity contribution in [2.24, 2.45) is 0 Å². The fourth-order valence-corrected chi connectivity index (χ4v) is 3.60. The number of hydrogen-bond acceptors (Lipinski definition) is 5. The summed E-state index contributed by atoms with van der Waals surface area (Å²) in [5, 5.41) is 0.0446. The normalized spacial score (nSPS) is 12.5. The molecule has 1 rings (SSSR count). The molecule has 0 saturated heterocycles. The van der Waals surface area contributed by atoms with Crippen molar-refractivity contribution in [1.82, 2.24) is 14.4 Å². The molecule has 0 bridgehead atoms. The molecule has 0 spiro atoms. The van der Waals surface area contributed by atoms with Gasteiger partial charge in [-0.05, 0) is 12.1 Å². The van der Waals surface area contributed by atoms with Crippen LogP contribution in [-0.4, -0.2) is 40.7 Å². The summed E-state index contributed by atoms with van der Waals surface area (Å²) in [7, 11) is -7.25. The third-order valence-corrected chi connectivity index (χ3v) is 5.17. The highest BCUT2D eigenvalue weighted by Crippen LogP contribution is 2.12. The van der Waals surface area contributed by atoms with Gasteiger partial charge in [-0.2, -0.15) is 0 Å². The van der Waals surface area contributed by atoms with Crippen LogP contribution in [0.4, 0.5) is 0 Å². The Balaban J connectivity index is 2.67. The van der Waals surface area contributed by atoms with Crippen LogP contribution in [0.5, 0.6) is 0 Å². The minimum atomic E-state index is -3.79. The van der Waals surface area contributed by atoms with E-state index in [1.807, 2.05) is 0 Å². The van der Waals surface area contributed by atoms with E-state index in [4.69, 9.17) is 11.6 Å². The zero-order chi connectivity index (χ0) is 14.5. The molecule has 1 aromatic heterocycles. The maximum Gasteiger partial charge on any atom is 0.240 e. The Morgan fingerprint density at radius 2 is 1.95 bits per heavy atom. The maximum atomic E-state index is 11.8. The number of pyridine rings is 1. The molecule has 2 N–H and O–H groups in total. The molecule has 7 nitrogen and oxygen atoms in total. The van der Waals surface area contributed by atoms with Gasteiger partial charge in [-0.3, -0.25) is 0 Å². The second kappa shape index (κ2) is 6.62. The van der Waals surface area contributed by atoms with E-state index in [0.717, 1.165) is 0 Å². The van der Waals surface area contributed by atoms with Gasteiger partial charge in [0.15, 0.2) is 0 Å². The van der Waals surface area contributed by atoms with Gasteiger partial charge in [-0.1, -0.05) is 18.5 Å². The van der Waals surface area contributed by atoms with Crippen molar-refractivity contribution in [3.8, 4) is 0 Å². The predicted molar refractivity (Wildman–Crippen MR) is 71.9 cm³/mol. The van der Waals surface area contributed by atoms with Gasteiger partial charge in [0.25, 0.3) is 0 Å². The molecule has 19 heavy (non-hydrogen) atoms. The fourth-order valence-electron chi connectivity index (χ4n) is 1.24. The van der Waals surface area contributed by atoms with Crippen molar-refractivity contribution in [2.45, 2.75) is 11.8 Å². The number of rotatable bonds is 7. The van der Waals surface area contributed by atoms with E-state index in [-0.39, 0.29) is 28.9 Å². The van der Waals surface area contributed by atoms with E-state index in [2.05, 4.69) is 14.4 Å². The Hall–Kier alpha value is -0.740. The number of nitrogens with zero attached hydrogens (tertiary/aromatic N) is 1. The Morgan fingerprint density at radius 3 is 2.53 bits per heavy atom. The van der Waals surface area contributed by atoms with Gasteiger partial charge >= 0.3 is 0 Å². The quantitative estimate of drug-likeness (QED) is 0.683. The molecule has 0 aliphatic heterocycles. The largest absolute Gasteiger partial charge is 0.244 e. The van der Waals surface area contributed by atoms with Gasteiger partial charge in [0.2, 0.25) is 20.0 Å². The maximum absolute atomic E-state index is 11.8. The first kappa shape index (κ1) is 16.3. The van der Waals surface area contributed by atoms with Crippen molar-refractivity contribution < 1.29 is 16.8 Å². The van der Waals surface area contributed by atoms with E-state index >= 15 is 0 Å². The predicted octanol–water partition coefficient (Wildman–Crippen LogP) is -0.0474. The summed E-state index contributed by atoms with van der Waals surface area (Å²) in [4.78, 5) is 3.60. The molecule has 0 aliphatic rings. The lowest BCUT2D eigenvalue weighted by Crippen LogP contribution is -2.34. The van der Waals surface area contributed by atoms with Gasteiger partial charge in [-0.15, -0.1) is 0 Å². The van der Waals surface area contributed by atoms with Crippen LogP contribution in [-0.2, 0) is 20.0 Å². The van der Waals surface area contributed by atoms with Crippen LogP contribution in [0.2, 0.25) is 5.15 Å². The van der Waals surface area contributed by atoms with Crippen LogP contribution in [0.15, 0.2) is 23.2 Å². The Labute approximate surface area is 117 Å². The zero-order valence-electron chi connectivity index (χ0n) is 10.1. The highest BCUT2D eigenvalue weighted by molar-refractivity contribution is 7.90. The first-order valence-electron chi connectivity index (χ1n) is 5.35. The minimum absolute atomic E-state index is 0.0446. The first-order valence-corrected chi connectivity index (χ1v) is 8.87. The molecular formula is C9H14ClN3O4S2. The minimum Gasteiger partial charge on any atom is -0.244 e. The van der Waals surface area contributed by atoms with Crippen LogP contribution in [0.3, 0.4) is 0 Å². The number of sulfonamides is 2. The number of halogens is 1. The van der Waals surface area contributed by atoms with E-state index in [9.17, 15) is 16.8 Å². The molecule has 0 aliphatic carbocycles. The standard InChI is InChI=1S/C9H14ClN3O4S2/c1-2-12-18(14,15)6-5-13-19(16,17)8-3-4-11-9(10)7-8/h3-4,7,12-13H,2,5-6H2,1H3. The summed E-state index contributed by atoms with van der Waals surface area (Å²) in [5.41, 5.74) is 0. The van der Waals surface area contributed by atoms with Crippen molar-refractivity contribution in [3.63, 3.8) is 0 Å². The Kier molecular flexibility index (Phi) is 5.68. The summed E-state index contributed by atoms with van der Waals surface area (Å²) in [6.07, 6.45) is 1.26. The summed E-state index contributed by atoms with van der Waals surface area (Å²) in [6, 6.07) is 2.45. The zero-order valence-corrected chi connectivity index (χ0v) is 12.5. The Morgan fingerprint density at radius 1 is 1.26 bits per heavy atom. The molecule has 0 amide bonds. The summed E-state index contributed by atoms with van der Waals surface area (Å²) in [6.45, 7) is 1.67. The monoisotopic (exact) mass is 327 g/mol. The van der Waals surface area contributed by atoms with Crippen LogP contribution in [0.1, 0.15) is 6.92 Å². The van der Waals surface area contributed by atoms with Crippen molar-refractivity contribution in [1.29, 1.82) is 0 Å². The summed E-state index contributed by atoms with van der Waals surface area (Å²) < 4.78 is 50.7. The highest BCUT2D eigenvalue weighted by atomic mass is 35.5.